The van der Waals surface area contributed by atoms with Gasteiger partial charge in [0.25, 0.3) is 5.91 Å². The van der Waals surface area contributed by atoms with Crippen LogP contribution in [-0.2, 0) is 4.79 Å². The summed E-state index contributed by atoms with van der Waals surface area (Å²) < 4.78 is 18.5. The maximum absolute atomic E-state index is 12.8. The maximum Gasteiger partial charge on any atom is 0.263 e. The van der Waals surface area contributed by atoms with Crippen molar-refractivity contribution in [3.05, 3.63) is 30.1 Å². The molecule has 0 fully saturated rings. The number of nitrogens with one attached hydrogen (secondary N) is 1. The summed E-state index contributed by atoms with van der Waals surface area (Å²) in [6.07, 6.45) is 1.55. The van der Waals surface area contributed by atoms with Gasteiger partial charge in [-0.3, -0.25) is 4.79 Å². The number of aliphatic hydroxyl groups is 1. The first kappa shape index (κ1) is 17.4. The number of carbonyl (C=O) groups excluding carboxylic acids is 1. The van der Waals surface area contributed by atoms with E-state index in [1.54, 1.807) is 13.8 Å². The molecule has 1 unspecified atom stereocenters. The van der Waals surface area contributed by atoms with Crippen LogP contribution in [0.5, 0.6) is 5.75 Å². The van der Waals surface area contributed by atoms with Crippen LogP contribution in [0.25, 0.3) is 0 Å². The molecular weight excluding hydrogens is 273 g/mol. The van der Waals surface area contributed by atoms with E-state index in [-0.39, 0.29) is 24.2 Å². The van der Waals surface area contributed by atoms with Gasteiger partial charge in [0.15, 0.2) is 5.60 Å². The number of rotatable bonds is 8. The minimum atomic E-state index is -1.05. The van der Waals surface area contributed by atoms with E-state index < -0.39 is 5.60 Å². The molecule has 4 nitrogen and oxygen atoms in total. The van der Waals surface area contributed by atoms with E-state index in [9.17, 15) is 9.18 Å². The molecule has 0 saturated heterocycles. The van der Waals surface area contributed by atoms with Crippen LogP contribution in [0.15, 0.2) is 24.3 Å². The van der Waals surface area contributed by atoms with Crippen molar-refractivity contribution in [2.45, 2.75) is 39.2 Å². The van der Waals surface area contributed by atoms with E-state index in [1.807, 2.05) is 6.92 Å². The smallest absolute Gasteiger partial charge is 0.263 e. The van der Waals surface area contributed by atoms with Gasteiger partial charge in [0.2, 0.25) is 0 Å². The fourth-order valence-corrected chi connectivity index (χ4v) is 1.93. The van der Waals surface area contributed by atoms with Crippen molar-refractivity contribution >= 4 is 5.91 Å². The average Bonchev–Trinajstić information content (AvgIpc) is 2.45. The Bertz CT molecular complexity index is 445. The van der Waals surface area contributed by atoms with Crippen LogP contribution in [0.3, 0.4) is 0 Å². The summed E-state index contributed by atoms with van der Waals surface area (Å²) >= 11 is 0. The first-order valence-corrected chi connectivity index (χ1v) is 7.22. The van der Waals surface area contributed by atoms with Crippen LogP contribution in [-0.4, -0.2) is 29.8 Å². The highest BCUT2D eigenvalue weighted by atomic mass is 19.1. The summed E-state index contributed by atoms with van der Waals surface area (Å²) in [5.41, 5.74) is -1.05. The van der Waals surface area contributed by atoms with Gasteiger partial charge >= 0.3 is 0 Å². The molecule has 0 aliphatic carbocycles. The van der Waals surface area contributed by atoms with E-state index in [2.05, 4.69) is 5.32 Å². The molecule has 5 heteroatoms. The lowest BCUT2D eigenvalue weighted by molar-refractivity contribution is -0.134. The fourth-order valence-electron chi connectivity index (χ4n) is 1.93. The predicted octanol–water partition coefficient (Wildman–Crippen LogP) is 2.51. The average molecular weight is 297 g/mol. The third-order valence-electron chi connectivity index (χ3n) is 3.40. The zero-order valence-corrected chi connectivity index (χ0v) is 12.9. The van der Waals surface area contributed by atoms with Gasteiger partial charge in [0.1, 0.15) is 11.6 Å². The van der Waals surface area contributed by atoms with E-state index in [4.69, 9.17) is 9.84 Å². The molecule has 0 radical (unpaired) electrons. The van der Waals surface area contributed by atoms with Gasteiger partial charge < -0.3 is 15.2 Å². The summed E-state index contributed by atoms with van der Waals surface area (Å²) in [5.74, 6) is 0.113. The van der Waals surface area contributed by atoms with Crippen LogP contribution in [0.2, 0.25) is 0 Å². The number of ether oxygens (including phenoxy) is 1. The molecule has 0 aliphatic rings. The molecule has 1 aromatic rings. The zero-order valence-electron chi connectivity index (χ0n) is 12.9. The molecule has 1 atom stereocenters. The highest BCUT2D eigenvalue weighted by Crippen LogP contribution is 2.19. The van der Waals surface area contributed by atoms with E-state index in [0.29, 0.717) is 18.7 Å². The summed E-state index contributed by atoms with van der Waals surface area (Å²) in [6, 6.07) is 5.56. The normalized spacial score (nSPS) is 12.8. The van der Waals surface area contributed by atoms with Crippen molar-refractivity contribution in [1.82, 2.24) is 5.32 Å². The molecule has 0 saturated carbocycles. The summed E-state index contributed by atoms with van der Waals surface area (Å²) in [5, 5.41) is 11.8. The van der Waals surface area contributed by atoms with Crippen molar-refractivity contribution in [3.8, 4) is 5.75 Å². The van der Waals surface area contributed by atoms with E-state index in [1.165, 1.54) is 24.3 Å². The van der Waals surface area contributed by atoms with E-state index >= 15 is 0 Å². The summed E-state index contributed by atoms with van der Waals surface area (Å²) in [4.78, 5) is 12.2. The van der Waals surface area contributed by atoms with Gasteiger partial charge in [0.05, 0.1) is 0 Å². The van der Waals surface area contributed by atoms with Gasteiger partial charge in [-0.1, -0.05) is 13.3 Å². The van der Waals surface area contributed by atoms with Gasteiger partial charge in [-0.15, -0.1) is 0 Å². The highest BCUT2D eigenvalue weighted by Gasteiger charge is 2.30. The number of hydrogen-bond donors (Lipinski definition) is 2. The molecule has 0 heterocycles. The zero-order chi connectivity index (χ0) is 15.9. The van der Waals surface area contributed by atoms with Gasteiger partial charge in [0, 0.05) is 13.2 Å². The number of benzene rings is 1. The summed E-state index contributed by atoms with van der Waals surface area (Å²) in [6.45, 7) is 5.97. The second kappa shape index (κ2) is 7.98. The van der Waals surface area contributed by atoms with Crippen LogP contribution < -0.4 is 10.1 Å². The quantitative estimate of drug-likeness (QED) is 0.775. The Morgan fingerprint density at radius 1 is 1.38 bits per heavy atom. The number of aliphatic hydroxyl groups excluding tert-OH is 1. The monoisotopic (exact) mass is 297 g/mol. The molecule has 21 heavy (non-hydrogen) atoms. The fraction of sp³-hybridized carbons (Fsp3) is 0.562. The Hall–Kier alpha value is -1.62. The molecule has 2 N–H and O–H groups in total. The minimum Gasteiger partial charge on any atom is -0.478 e. The molecule has 1 aromatic carbocycles. The molecule has 1 amide bonds. The number of halogens is 1. The SMILES string of the molecule is CCC(CCO)CNC(=O)C(C)(C)Oc1ccc(F)cc1. The lowest BCUT2D eigenvalue weighted by Crippen LogP contribution is -2.47. The molecule has 0 bridgehead atoms. The standard InChI is InChI=1S/C16H24FNO3/c1-4-12(9-10-19)11-18-15(20)16(2,3)21-14-7-5-13(17)6-8-14/h5-8,12,19H,4,9-11H2,1-3H3,(H,18,20). The molecule has 118 valence electrons. The summed E-state index contributed by atoms with van der Waals surface area (Å²) in [7, 11) is 0. The number of amides is 1. The number of hydrogen-bond acceptors (Lipinski definition) is 3. The van der Waals surface area contributed by atoms with Crippen LogP contribution >= 0.6 is 0 Å². The third-order valence-corrected chi connectivity index (χ3v) is 3.40. The minimum absolute atomic E-state index is 0.115. The van der Waals surface area contributed by atoms with Crippen molar-refractivity contribution < 1.29 is 19.0 Å². The van der Waals surface area contributed by atoms with Gasteiger partial charge in [-0.05, 0) is 50.5 Å². The third kappa shape index (κ3) is 5.71. The second-order valence-electron chi connectivity index (χ2n) is 5.56. The van der Waals surface area contributed by atoms with Gasteiger partial charge in [-0.25, -0.2) is 4.39 Å². The lowest BCUT2D eigenvalue weighted by atomic mass is 10.0. The Morgan fingerprint density at radius 2 is 2.00 bits per heavy atom. The molecule has 1 rings (SSSR count). The first-order valence-electron chi connectivity index (χ1n) is 7.22. The van der Waals surface area contributed by atoms with Crippen LogP contribution in [0.4, 0.5) is 4.39 Å². The highest BCUT2D eigenvalue weighted by molar-refractivity contribution is 5.84. The second-order valence-corrected chi connectivity index (χ2v) is 5.56. The van der Waals surface area contributed by atoms with Gasteiger partial charge in [-0.2, -0.15) is 0 Å². The molecular formula is C16H24FNO3. The largest absolute Gasteiger partial charge is 0.478 e. The molecule has 0 aliphatic heterocycles. The maximum atomic E-state index is 12.8. The van der Waals surface area contributed by atoms with Crippen molar-refractivity contribution in [2.75, 3.05) is 13.2 Å². The first-order chi connectivity index (χ1) is 9.89. The Labute approximate surface area is 125 Å². The molecule has 0 spiro atoms. The molecule has 0 aromatic heterocycles. The Morgan fingerprint density at radius 3 is 2.52 bits per heavy atom. The number of carbonyl (C=O) groups is 1. The van der Waals surface area contributed by atoms with E-state index in [0.717, 1.165) is 6.42 Å². The lowest BCUT2D eigenvalue weighted by Gasteiger charge is -2.26. The topological polar surface area (TPSA) is 58.6 Å². The van der Waals surface area contributed by atoms with Crippen molar-refractivity contribution in [1.29, 1.82) is 0 Å². The predicted molar refractivity (Wildman–Crippen MR) is 79.6 cm³/mol. The Balaban J connectivity index is 2.56. The van der Waals surface area contributed by atoms with Crippen LogP contribution in [0, 0.1) is 11.7 Å². The van der Waals surface area contributed by atoms with Crippen molar-refractivity contribution in [2.24, 2.45) is 5.92 Å². The van der Waals surface area contributed by atoms with Crippen LogP contribution in [0.1, 0.15) is 33.6 Å². The van der Waals surface area contributed by atoms with Crippen molar-refractivity contribution in [3.63, 3.8) is 0 Å². The Kier molecular flexibility index (Phi) is 6.62.